The molecule has 3 heteroatoms. The van der Waals surface area contributed by atoms with Gasteiger partial charge in [0.2, 0.25) is 0 Å². The van der Waals surface area contributed by atoms with Crippen molar-refractivity contribution >= 4 is 11.6 Å². The van der Waals surface area contributed by atoms with Gasteiger partial charge in [-0.2, -0.15) is 0 Å². The van der Waals surface area contributed by atoms with E-state index in [0.29, 0.717) is 17.7 Å². The monoisotopic (exact) mass is 218 g/mol. The minimum absolute atomic E-state index is 0.00185. The fourth-order valence-electron chi connectivity index (χ4n) is 2.20. The van der Waals surface area contributed by atoms with Gasteiger partial charge in [-0.25, -0.2) is 0 Å². The summed E-state index contributed by atoms with van der Waals surface area (Å²) in [6.07, 6.45) is 0.349. The van der Waals surface area contributed by atoms with Gasteiger partial charge in [0.05, 0.1) is 7.11 Å². The molecule has 16 heavy (non-hydrogen) atoms. The molecule has 1 saturated carbocycles. The first-order chi connectivity index (χ1) is 7.65. The number of ketones is 2. The fraction of sp³-hybridized carbons (Fsp3) is 0.385. The second kappa shape index (κ2) is 4.08. The van der Waals surface area contributed by atoms with Gasteiger partial charge in [0.25, 0.3) is 0 Å². The number of carbonyl (C=O) groups is 2. The highest BCUT2D eigenvalue weighted by Crippen LogP contribution is 2.36. The van der Waals surface area contributed by atoms with Crippen molar-refractivity contribution in [3.05, 3.63) is 29.8 Å². The molecule has 1 aromatic rings. The van der Waals surface area contributed by atoms with Crippen molar-refractivity contribution in [2.45, 2.75) is 19.3 Å². The Kier molecular flexibility index (Phi) is 2.77. The van der Waals surface area contributed by atoms with Crippen LogP contribution in [-0.2, 0) is 9.59 Å². The van der Waals surface area contributed by atoms with Crippen LogP contribution in [0.25, 0.3) is 0 Å². The summed E-state index contributed by atoms with van der Waals surface area (Å²) in [6.45, 7) is 1.80. The van der Waals surface area contributed by atoms with Crippen molar-refractivity contribution in [2.75, 3.05) is 7.11 Å². The van der Waals surface area contributed by atoms with Crippen molar-refractivity contribution < 1.29 is 14.3 Å². The zero-order valence-corrected chi connectivity index (χ0v) is 9.40. The first kappa shape index (κ1) is 10.9. The molecule has 0 saturated heterocycles. The molecule has 0 N–H and O–H groups in total. The summed E-state index contributed by atoms with van der Waals surface area (Å²) >= 11 is 0. The van der Waals surface area contributed by atoms with E-state index >= 15 is 0 Å². The quantitative estimate of drug-likeness (QED) is 0.713. The number of rotatable bonds is 2. The van der Waals surface area contributed by atoms with Gasteiger partial charge in [0.1, 0.15) is 17.5 Å². The topological polar surface area (TPSA) is 43.4 Å². The number of methoxy groups -OCH3 is 1. The van der Waals surface area contributed by atoms with Crippen LogP contribution in [0.3, 0.4) is 0 Å². The summed E-state index contributed by atoms with van der Waals surface area (Å²) in [5.74, 6) is -0.159. The predicted molar refractivity (Wildman–Crippen MR) is 59.5 cm³/mol. The SMILES string of the molecule is COc1ccccc1C1C(=O)CC(C)C1=O. The van der Waals surface area contributed by atoms with E-state index in [1.807, 2.05) is 12.1 Å². The standard InChI is InChI=1S/C13H14O3/c1-8-7-10(14)12(13(8)15)9-5-3-4-6-11(9)16-2/h3-6,8,12H,7H2,1-2H3. The number of benzene rings is 1. The predicted octanol–water partition coefficient (Wildman–Crippen LogP) is 1.96. The van der Waals surface area contributed by atoms with E-state index < -0.39 is 5.92 Å². The molecule has 0 bridgehead atoms. The molecule has 0 spiro atoms. The van der Waals surface area contributed by atoms with Gasteiger partial charge in [-0.1, -0.05) is 25.1 Å². The molecule has 1 fully saturated rings. The molecule has 0 aromatic heterocycles. The van der Waals surface area contributed by atoms with Crippen molar-refractivity contribution in [2.24, 2.45) is 5.92 Å². The van der Waals surface area contributed by atoms with E-state index in [9.17, 15) is 9.59 Å². The minimum atomic E-state index is -0.619. The van der Waals surface area contributed by atoms with Crippen molar-refractivity contribution in [1.82, 2.24) is 0 Å². The van der Waals surface area contributed by atoms with Crippen LogP contribution in [0.15, 0.2) is 24.3 Å². The first-order valence-electron chi connectivity index (χ1n) is 5.34. The van der Waals surface area contributed by atoms with Crippen molar-refractivity contribution in [3.63, 3.8) is 0 Å². The minimum Gasteiger partial charge on any atom is -0.496 e. The number of carbonyl (C=O) groups excluding carboxylic acids is 2. The number of ether oxygens (including phenoxy) is 1. The van der Waals surface area contributed by atoms with E-state index in [2.05, 4.69) is 0 Å². The Bertz CT molecular complexity index is 437. The maximum atomic E-state index is 11.9. The number of hydrogen-bond acceptors (Lipinski definition) is 3. The average molecular weight is 218 g/mol. The molecule has 2 rings (SSSR count). The van der Waals surface area contributed by atoms with Crippen molar-refractivity contribution in [1.29, 1.82) is 0 Å². The van der Waals surface area contributed by atoms with Gasteiger partial charge < -0.3 is 4.74 Å². The maximum Gasteiger partial charge on any atom is 0.151 e. The Hall–Kier alpha value is -1.64. The molecule has 0 aliphatic heterocycles. The van der Waals surface area contributed by atoms with Crippen LogP contribution < -0.4 is 4.74 Å². The molecule has 2 unspecified atom stereocenters. The number of Topliss-reactive ketones (excluding diaryl/α,β-unsaturated/α-hetero) is 2. The Morgan fingerprint density at radius 3 is 2.50 bits per heavy atom. The largest absolute Gasteiger partial charge is 0.496 e. The second-order valence-electron chi connectivity index (χ2n) is 4.15. The van der Waals surface area contributed by atoms with Gasteiger partial charge in [-0.05, 0) is 6.07 Å². The highest BCUT2D eigenvalue weighted by atomic mass is 16.5. The van der Waals surface area contributed by atoms with Crippen LogP contribution in [0.1, 0.15) is 24.8 Å². The van der Waals surface area contributed by atoms with Gasteiger partial charge in [-0.3, -0.25) is 9.59 Å². The smallest absolute Gasteiger partial charge is 0.151 e. The fourth-order valence-corrected chi connectivity index (χ4v) is 2.20. The normalized spacial score (nSPS) is 24.9. The van der Waals surface area contributed by atoms with E-state index in [4.69, 9.17) is 4.74 Å². The van der Waals surface area contributed by atoms with Crippen LogP contribution in [0.2, 0.25) is 0 Å². The summed E-state index contributed by atoms with van der Waals surface area (Å²) in [6, 6.07) is 7.22. The van der Waals surface area contributed by atoms with Crippen molar-refractivity contribution in [3.8, 4) is 5.75 Å². The lowest BCUT2D eigenvalue weighted by Gasteiger charge is -2.12. The Morgan fingerprint density at radius 1 is 1.25 bits per heavy atom. The molecular weight excluding hydrogens is 204 g/mol. The molecular formula is C13H14O3. The third kappa shape index (κ3) is 1.62. The van der Waals surface area contributed by atoms with E-state index in [-0.39, 0.29) is 17.5 Å². The zero-order valence-electron chi connectivity index (χ0n) is 9.40. The lowest BCUT2D eigenvalue weighted by Crippen LogP contribution is -2.14. The Morgan fingerprint density at radius 2 is 1.94 bits per heavy atom. The van der Waals surface area contributed by atoms with Crippen LogP contribution in [0.4, 0.5) is 0 Å². The van der Waals surface area contributed by atoms with Crippen LogP contribution >= 0.6 is 0 Å². The molecule has 1 aromatic carbocycles. The highest BCUT2D eigenvalue weighted by Gasteiger charge is 2.40. The lowest BCUT2D eigenvalue weighted by atomic mass is 9.94. The third-order valence-electron chi connectivity index (χ3n) is 3.05. The lowest BCUT2D eigenvalue weighted by molar-refractivity contribution is -0.124. The molecule has 0 heterocycles. The molecule has 0 amide bonds. The molecule has 84 valence electrons. The van der Waals surface area contributed by atoms with Gasteiger partial charge in [0, 0.05) is 17.9 Å². The number of hydrogen-bond donors (Lipinski definition) is 0. The summed E-state index contributed by atoms with van der Waals surface area (Å²) in [7, 11) is 1.55. The van der Waals surface area contributed by atoms with Gasteiger partial charge in [0.15, 0.2) is 5.78 Å². The maximum absolute atomic E-state index is 11.9. The Labute approximate surface area is 94.4 Å². The third-order valence-corrected chi connectivity index (χ3v) is 3.05. The summed E-state index contributed by atoms with van der Waals surface area (Å²) in [5, 5.41) is 0. The summed E-state index contributed by atoms with van der Waals surface area (Å²) in [5.41, 5.74) is 0.698. The summed E-state index contributed by atoms with van der Waals surface area (Å²) in [4.78, 5) is 23.7. The molecule has 3 nitrogen and oxygen atoms in total. The first-order valence-corrected chi connectivity index (χ1v) is 5.34. The van der Waals surface area contributed by atoms with Crippen LogP contribution in [0, 0.1) is 5.92 Å². The van der Waals surface area contributed by atoms with Gasteiger partial charge >= 0.3 is 0 Å². The van der Waals surface area contributed by atoms with Crippen LogP contribution in [-0.4, -0.2) is 18.7 Å². The molecule has 0 radical (unpaired) electrons. The number of para-hydroxylation sites is 1. The average Bonchev–Trinajstić information content (AvgIpc) is 2.53. The molecule has 1 aliphatic rings. The second-order valence-corrected chi connectivity index (χ2v) is 4.15. The van der Waals surface area contributed by atoms with E-state index in [0.717, 1.165) is 0 Å². The van der Waals surface area contributed by atoms with Crippen LogP contribution in [0.5, 0.6) is 5.75 Å². The van der Waals surface area contributed by atoms with E-state index in [1.165, 1.54) is 0 Å². The highest BCUT2D eigenvalue weighted by molar-refractivity contribution is 6.14. The summed E-state index contributed by atoms with van der Waals surface area (Å²) < 4.78 is 5.19. The zero-order chi connectivity index (χ0) is 11.7. The molecule has 2 atom stereocenters. The molecule has 1 aliphatic carbocycles. The van der Waals surface area contributed by atoms with E-state index in [1.54, 1.807) is 26.2 Å². The Balaban J connectivity index is 2.44. The van der Waals surface area contributed by atoms with Gasteiger partial charge in [-0.15, -0.1) is 0 Å².